The maximum Gasteiger partial charge on any atom is 0.168 e. The number of methoxy groups -OCH3 is 1. The summed E-state index contributed by atoms with van der Waals surface area (Å²) in [6.45, 7) is 0. The molecular formula is C16H18O4. The van der Waals surface area contributed by atoms with E-state index in [4.69, 9.17) is 4.74 Å². The van der Waals surface area contributed by atoms with Gasteiger partial charge in [-0.2, -0.15) is 0 Å². The van der Waals surface area contributed by atoms with E-state index >= 15 is 0 Å². The highest BCUT2D eigenvalue weighted by Gasteiger charge is 2.61. The summed E-state index contributed by atoms with van der Waals surface area (Å²) in [7, 11) is 1.60. The highest BCUT2D eigenvalue weighted by Crippen LogP contribution is 2.53. The fourth-order valence-corrected chi connectivity index (χ4v) is 3.85. The van der Waals surface area contributed by atoms with Gasteiger partial charge in [-0.3, -0.25) is 4.79 Å². The quantitative estimate of drug-likeness (QED) is 0.852. The number of hydrogen-bond acceptors (Lipinski definition) is 4. The first-order valence-corrected chi connectivity index (χ1v) is 6.97. The topological polar surface area (TPSA) is 63.6 Å². The van der Waals surface area contributed by atoms with Crippen LogP contribution in [0.25, 0.3) is 0 Å². The van der Waals surface area contributed by atoms with Crippen molar-refractivity contribution in [3.05, 3.63) is 29.8 Å². The van der Waals surface area contributed by atoms with Crippen LogP contribution in [0.15, 0.2) is 24.3 Å². The smallest absolute Gasteiger partial charge is 0.168 e. The lowest BCUT2D eigenvalue weighted by molar-refractivity contribution is -0.145. The molecule has 1 aromatic rings. The number of carbonyl (C=O) groups excluding carboxylic acids is 2. The van der Waals surface area contributed by atoms with E-state index in [0.29, 0.717) is 6.42 Å². The van der Waals surface area contributed by atoms with Crippen molar-refractivity contribution in [2.24, 2.45) is 11.8 Å². The zero-order chi connectivity index (χ0) is 14.3. The first kappa shape index (κ1) is 13.3. The van der Waals surface area contributed by atoms with Crippen molar-refractivity contribution in [2.45, 2.75) is 30.8 Å². The van der Waals surface area contributed by atoms with Gasteiger partial charge in [0.05, 0.1) is 13.0 Å². The van der Waals surface area contributed by atoms with Gasteiger partial charge in [-0.25, -0.2) is 0 Å². The third-order valence-electron chi connectivity index (χ3n) is 4.86. The summed E-state index contributed by atoms with van der Waals surface area (Å²) in [6, 6.07) is 7.43. The standard InChI is InChI=1S/C16H18O4/c1-20-11-6-4-10(5-7-11)14-12-3-2-8-16(19,15(12)18)13(14)9-17/h4-7,9,12-14,19H,2-3,8H2,1H3/t12-,13+,14-,16-/m0/s1. The first-order valence-electron chi connectivity index (χ1n) is 6.97. The normalized spacial score (nSPS) is 35.9. The van der Waals surface area contributed by atoms with Crippen molar-refractivity contribution in [2.75, 3.05) is 7.11 Å². The highest BCUT2D eigenvalue weighted by atomic mass is 16.5. The van der Waals surface area contributed by atoms with Crippen molar-refractivity contribution in [3.63, 3.8) is 0 Å². The summed E-state index contributed by atoms with van der Waals surface area (Å²) < 4.78 is 5.13. The number of aldehydes is 1. The number of ether oxygens (including phenoxy) is 1. The van der Waals surface area contributed by atoms with Gasteiger partial charge in [0.15, 0.2) is 5.78 Å². The number of Topliss-reactive ketones (excluding diaryl/α,β-unsaturated/α-hetero) is 1. The van der Waals surface area contributed by atoms with Crippen LogP contribution in [0.5, 0.6) is 5.75 Å². The number of rotatable bonds is 3. The molecule has 2 aliphatic carbocycles. The van der Waals surface area contributed by atoms with Gasteiger partial charge in [0, 0.05) is 11.8 Å². The van der Waals surface area contributed by atoms with E-state index in [1.165, 1.54) is 0 Å². The largest absolute Gasteiger partial charge is 0.497 e. The van der Waals surface area contributed by atoms with Gasteiger partial charge in [0.2, 0.25) is 0 Å². The lowest BCUT2D eigenvalue weighted by atomic mass is 9.82. The zero-order valence-electron chi connectivity index (χ0n) is 11.4. The molecule has 0 aliphatic heterocycles. The molecule has 4 nitrogen and oxygen atoms in total. The molecule has 4 heteroatoms. The van der Waals surface area contributed by atoms with Crippen LogP contribution in [0.1, 0.15) is 30.7 Å². The molecule has 0 radical (unpaired) electrons. The number of carbonyl (C=O) groups is 2. The average molecular weight is 274 g/mol. The van der Waals surface area contributed by atoms with Crippen LogP contribution in [-0.2, 0) is 9.59 Å². The lowest BCUT2D eigenvalue weighted by Gasteiger charge is -2.28. The molecule has 0 aromatic heterocycles. The Morgan fingerprint density at radius 3 is 2.65 bits per heavy atom. The van der Waals surface area contributed by atoms with Gasteiger partial charge in [-0.1, -0.05) is 12.1 Å². The molecule has 2 bridgehead atoms. The minimum absolute atomic E-state index is 0.151. The molecule has 3 rings (SSSR count). The third-order valence-corrected chi connectivity index (χ3v) is 4.86. The first-order chi connectivity index (χ1) is 9.61. The predicted octanol–water partition coefficient (Wildman–Crippen LogP) is 1.71. The number of hydrogen-bond donors (Lipinski definition) is 1. The highest BCUT2D eigenvalue weighted by molar-refractivity contribution is 5.97. The van der Waals surface area contributed by atoms with Crippen LogP contribution in [0, 0.1) is 11.8 Å². The second-order valence-electron chi connectivity index (χ2n) is 5.75. The molecule has 0 heterocycles. The van der Waals surface area contributed by atoms with E-state index in [1.54, 1.807) is 7.11 Å². The summed E-state index contributed by atoms with van der Waals surface area (Å²) in [5, 5.41) is 10.6. The fourth-order valence-electron chi connectivity index (χ4n) is 3.85. The molecule has 0 amide bonds. The van der Waals surface area contributed by atoms with Crippen molar-refractivity contribution in [3.8, 4) is 5.75 Å². The Balaban J connectivity index is 2.02. The molecular weight excluding hydrogens is 256 g/mol. The Kier molecular flexibility index (Phi) is 3.13. The van der Waals surface area contributed by atoms with E-state index < -0.39 is 11.5 Å². The van der Waals surface area contributed by atoms with Crippen LogP contribution in [0.3, 0.4) is 0 Å². The van der Waals surface area contributed by atoms with Gasteiger partial charge in [-0.15, -0.1) is 0 Å². The van der Waals surface area contributed by atoms with Crippen LogP contribution < -0.4 is 4.74 Å². The Bertz CT molecular complexity index is 536. The van der Waals surface area contributed by atoms with Gasteiger partial charge in [-0.05, 0) is 37.0 Å². The zero-order valence-corrected chi connectivity index (χ0v) is 11.4. The molecule has 2 saturated carbocycles. The van der Waals surface area contributed by atoms with Gasteiger partial charge >= 0.3 is 0 Å². The molecule has 0 saturated heterocycles. The fraction of sp³-hybridized carbons (Fsp3) is 0.500. The molecule has 0 unspecified atom stereocenters. The summed E-state index contributed by atoms with van der Waals surface area (Å²) in [4.78, 5) is 23.8. The Labute approximate surface area is 117 Å². The molecule has 2 aliphatic rings. The molecule has 4 atom stereocenters. The molecule has 1 N–H and O–H groups in total. The van der Waals surface area contributed by atoms with E-state index in [2.05, 4.69) is 0 Å². The second kappa shape index (κ2) is 4.70. The molecule has 1 aromatic carbocycles. The third kappa shape index (κ3) is 1.71. The van der Waals surface area contributed by atoms with Crippen molar-refractivity contribution >= 4 is 12.1 Å². The summed E-state index contributed by atoms with van der Waals surface area (Å²) in [5.74, 6) is -0.490. The summed E-state index contributed by atoms with van der Waals surface area (Å²) in [6.07, 6.45) is 2.71. The predicted molar refractivity (Wildman–Crippen MR) is 72.6 cm³/mol. The number of aliphatic hydroxyl groups is 1. The van der Waals surface area contributed by atoms with Crippen LogP contribution in [0.4, 0.5) is 0 Å². The van der Waals surface area contributed by atoms with E-state index in [1.807, 2.05) is 24.3 Å². The Morgan fingerprint density at radius 2 is 2.05 bits per heavy atom. The van der Waals surface area contributed by atoms with E-state index in [-0.39, 0.29) is 17.6 Å². The van der Waals surface area contributed by atoms with E-state index in [0.717, 1.165) is 30.4 Å². The van der Waals surface area contributed by atoms with Gasteiger partial charge in [0.1, 0.15) is 17.6 Å². The van der Waals surface area contributed by atoms with Gasteiger partial charge < -0.3 is 14.6 Å². The summed E-state index contributed by atoms with van der Waals surface area (Å²) in [5.41, 5.74) is -0.519. The molecule has 0 spiro atoms. The number of ketones is 1. The van der Waals surface area contributed by atoms with Crippen molar-refractivity contribution in [1.29, 1.82) is 0 Å². The Morgan fingerprint density at radius 1 is 1.35 bits per heavy atom. The SMILES string of the molecule is COc1ccc([C@H]2[C@@H]3CCC[C@@](O)(C3=O)[C@@H]2C=O)cc1. The van der Waals surface area contributed by atoms with Crippen molar-refractivity contribution < 1.29 is 19.4 Å². The van der Waals surface area contributed by atoms with E-state index in [9.17, 15) is 14.7 Å². The maximum atomic E-state index is 12.4. The lowest BCUT2D eigenvalue weighted by Crippen LogP contribution is -2.44. The molecule has 2 fully saturated rings. The number of fused-ring (bicyclic) bond motifs is 2. The van der Waals surface area contributed by atoms with Crippen molar-refractivity contribution in [1.82, 2.24) is 0 Å². The average Bonchev–Trinajstić information content (AvgIpc) is 2.60. The minimum Gasteiger partial charge on any atom is -0.497 e. The maximum absolute atomic E-state index is 12.4. The monoisotopic (exact) mass is 274 g/mol. The Hall–Kier alpha value is -1.68. The van der Waals surface area contributed by atoms with Crippen LogP contribution in [0.2, 0.25) is 0 Å². The van der Waals surface area contributed by atoms with Crippen LogP contribution >= 0.6 is 0 Å². The van der Waals surface area contributed by atoms with Gasteiger partial charge in [0.25, 0.3) is 0 Å². The number of benzene rings is 1. The minimum atomic E-state index is -1.45. The summed E-state index contributed by atoms with van der Waals surface area (Å²) >= 11 is 0. The molecule has 106 valence electrons. The molecule has 20 heavy (non-hydrogen) atoms. The van der Waals surface area contributed by atoms with Crippen LogP contribution in [-0.4, -0.2) is 29.9 Å². The second-order valence-corrected chi connectivity index (χ2v) is 5.75.